The first kappa shape index (κ1) is 11.6. The van der Waals surface area contributed by atoms with Crippen LogP contribution in [0.4, 0.5) is 10.2 Å². The predicted octanol–water partition coefficient (Wildman–Crippen LogP) is 2.17. The lowest BCUT2D eigenvalue weighted by molar-refractivity contribution is 0.627. The highest BCUT2D eigenvalue weighted by molar-refractivity contribution is 6.32. The molecule has 2 rings (SSSR count). The highest BCUT2D eigenvalue weighted by Crippen LogP contribution is 2.13. The molecule has 0 saturated carbocycles. The summed E-state index contributed by atoms with van der Waals surface area (Å²) in [4.78, 5) is 17.4. The Morgan fingerprint density at radius 2 is 2.06 bits per heavy atom. The summed E-state index contributed by atoms with van der Waals surface area (Å²) in [5.41, 5.74) is 0.466. The average Bonchev–Trinajstić information content (AvgIpc) is 2.33. The maximum Gasteiger partial charge on any atom is 0.271 e. The molecule has 0 radical (unpaired) electrons. The van der Waals surface area contributed by atoms with E-state index in [1.165, 1.54) is 18.5 Å². The van der Waals surface area contributed by atoms with Crippen molar-refractivity contribution in [2.24, 2.45) is 0 Å². The molecule has 1 aromatic carbocycles. The fourth-order valence-corrected chi connectivity index (χ4v) is 1.46. The Kier molecular flexibility index (Phi) is 3.39. The standard InChI is InChI=1S/C11H9ClFN3O/c12-9-10(15-6-16-11(9)17)14-5-7-1-3-8(13)4-2-7/h1-4,6H,5H2,(H2,14,15,16,17). The van der Waals surface area contributed by atoms with Gasteiger partial charge in [-0.05, 0) is 17.7 Å². The second-order valence-electron chi connectivity index (χ2n) is 3.37. The van der Waals surface area contributed by atoms with Crippen molar-refractivity contribution in [3.8, 4) is 0 Å². The molecule has 2 N–H and O–H groups in total. The third-order valence-corrected chi connectivity index (χ3v) is 2.52. The molecular weight excluding hydrogens is 245 g/mol. The van der Waals surface area contributed by atoms with Gasteiger partial charge in [0, 0.05) is 6.54 Å². The van der Waals surface area contributed by atoms with Gasteiger partial charge in [0.1, 0.15) is 10.8 Å². The number of hydrogen-bond acceptors (Lipinski definition) is 3. The molecular formula is C11H9ClFN3O. The van der Waals surface area contributed by atoms with Gasteiger partial charge in [0.2, 0.25) is 0 Å². The van der Waals surface area contributed by atoms with Gasteiger partial charge in [-0.25, -0.2) is 9.37 Å². The first-order valence-electron chi connectivity index (χ1n) is 4.88. The van der Waals surface area contributed by atoms with E-state index in [0.29, 0.717) is 12.4 Å². The first-order chi connectivity index (χ1) is 8.16. The second kappa shape index (κ2) is 4.97. The van der Waals surface area contributed by atoms with Crippen molar-refractivity contribution < 1.29 is 4.39 Å². The molecule has 6 heteroatoms. The second-order valence-corrected chi connectivity index (χ2v) is 3.75. The lowest BCUT2D eigenvalue weighted by Gasteiger charge is -2.06. The molecule has 0 atom stereocenters. The van der Waals surface area contributed by atoms with Crippen LogP contribution in [0.3, 0.4) is 0 Å². The minimum atomic E-state index is -0.400. The Morgan fingerprint density at radius 3 is 2.76 bits per heavy atom. The van der Waals surface area contributed by atoms with Gasteiger partial charge < -0.3 is 10.3 Å². The fraction of sp³-hybridized carbons (Fsp3) is 0.0909. The van der Waals surface area contributed by atoms with Crippen molar-refractivity contribution in [1.82, 2.24) is 9.97 Å². The van der Waals surface area contributed by atoms with Gasteiger partial charge in [-0.15, -0.1) is 0 Å². The Hall–Kier alpha value is -1.88. The summed E-state index contributed by atoms with van der Waals surface area (Å²) in [6.45, 7) is 0.413. The van der Waals surface area contributed by atoms with Gasteiger partial charge in [-0.2, -0.15) is 0 Å². The van der Waals surface area contributed by atoms with Crippen LogP contribution in [0.5, 0.6) is 0 Å². The topological polar surface area (TPSA) is 57.8 Å². The molecule has 88 valence electrons. The van der Waals surface area contributed by atoms with Gasteiger partial charge in [-0.1, -0.05) is 23.7 Å². The summed E-state index contributed by atoms with van der Waals surface area (Å²) in [6.07, 6.45) is 1.27. The molecule has 0 aliphatic heterocycles. The van der Waals surface area contributed by atoms with Crippen LogP contribution >= 0.6 is 11.6 Å². The van der Waals surface area contributed by atoms with Crippen LogP contribution in [0.2, 0.25) is 5.02 Å². The summed E-state index contributed by atoms with van der Waals surface area (Å²) in [5, 5.41) is 2.91. The number of H-pyrrole nitrogens is 1. The molecule has 0 unspecified atom stereocenters. The number of aromatic nitrogens is 2. The Balaban J connectivity index is 2.10. The summed E-state index contributed by atoms with van der Waals surface area (Å²) in [7, 11) is 0. The molecule has 0 aliphatic rings. The number of nitrogens with one attached hydrogen (secondary N) is 2. The summed E-state index contributed by atoms with van der Waals surface area (Å²) in [6, 6.07) is 6.01. The highest BCUT2D eigenvalue weighted by atomic mass is 35.5. The molecule has 0 saturated heterocycles. The van der Waals surface area contributed by atoms with Gasteiger partial charge in [0.05, 0.1) is 6.33 Å². The van der Waals surface area contributed by atoms with E-state index in [1.807, 2.05) is 0 Å². The molecule has 4 nitrogen and oxygen atoms in total. The fourth-order valence-electron chi connectivity index (χ4n) is 1.29. The largest absolute Gasteiger partial charge is 0.365 e. The SMILES string of the molecule is O=c1[nH]cnc(NCc2ccc(F)cc2)c1Cl. The first-order valence-corrected chi connectivity index (χ1v) is 5.26. The number of rotatable bonds is 3. The van der Waals surface area contributed by atoms with E-state index in [1.54, 1.807) is 12.1 Å². The number of nitrogens with zero attached hydrogens (tertiary/aromatic N) is 1. The minimum Gasteiger partial charge on any atom is -0.365 e. The van der Waals surface area contributed by atoms with E-state index in [0.717, 1.165) is 5.56 Å². The maximum absolute atomic E-state index is 12.7. The van der Waals surface area contributed by atoms with Crippen LogP contribution in [0, 0.1) is 5.82 Å². The van der Waals surface area contributed by atoms with Crippen LogP contribution in [0.1, 0.15) is 5.56 Å². The molecule has 1 heterocycles. The van der Waals surface area contributed by atoms with Gasteiger partial charge in [-0.3, -0.25) is 4.79 Å². The lowest BCUT2D eigenvalue weighted by Crippen LogP contribution is -2.11. The van der Waals surface area contributed by atoms with E-state index < -0.39 is 5.56 Å². The Labute approximate surface area is 101 Å². The molecule has 0 amide bonds. The zero-order valence-corrected chi connectivity index (χ0v) is 9.46. The highest BCUT2D eigenvalue weighted by Gasteiger charge is 2.04. The lowest BCUT2D eigenvalue weighted by atomic mass is 10.2. The Bertz CT molecular complexity index is 568. The molecule has 1 aromatic heterocycles. The summed E-state index contributed by atoms with van der Waals surface area (Å²) < 4.78 is 12.7. The average molecular weight is 254 g/mol. The smallest absolute Gasteiger partial charge is 0.271 e. The third-order valence-electron chi connectivity index (χ3n) is 2.17. The van der Waals surface area contributed by atoms with Gasteiger partial charge >= 0.3 is 0 Å². The van der Waals surface area contributed by atoms with E-state index in [-0.39, 0.29) is 10.8 Å². The molecule has 0 spiro atoms. The monoisotopic (exact) mass is 253 g/mol. The minimum absolute atomic E-state index is 0.00890. The number of halogens is 2. The van der Waals surface area contributed by atoms with Crippen LogP contribution < -0.4 is 10.9 Å². The zero-order valence-electron chi connectivity index (χ0n) is 8.71. The molecule has 17 heavy (non-hydrogen) atoms. The van der Waals surface area contributed by atoms with Crippen molar-refractivity contribution in [3.05, 3.63) is 57.3 Å². The Morgan fingerprint density at radius 1 is 1.35 bits per heavy atom. The molecule has 0 bridgehead atoms. The van der Waals surface area contributed by atoms with Crippen LogP contribution in [-0.2, 0) is 6.54 Å². The number of hydrogen-bond donors (Lipinski definition) is 2. The number of benzene rings is 1. The van der Waals surface area contributed by atoms with E-state index in [2.05, 4.69) is 15.3 Å². The zero-order chi connectivity index (χ0) is 12.3. The normalized spacial score (nSPS) is 10.2. The number of aromatic amines is 1. The van der Waals surface area contributed by atoms with Crippen LogP contribution in [0.15, 0.2) is 35.4 Å². The molecule has 0 aliphatic carbocycles. The number of anilines is 1. The molecule has 2 aromatic rings. The van der Waals surface area contributed by atoms with E-state index >= 15 is 0 Å². The summed E-state index contributed by atoms with van der Waals surface area (Å²) in [5.74, 6) is 0.0146. The van der Waals surface area contributed by atoms with Crippen LogP contribution in [-0.4, -0.2) is 9.97 Å². The summed E-state index contributed by atoms with van der Waals surface area (Å²) >= 11 is 5.76. The van der Waals surface area contributed by atoms with Crippen molar-refractivity contribution in [2.45, 2.75) is 6.54 Å². The predicted molar refractivity (Wildman–Crippen MR) is 63.6 cm³/mol. The van der Waals surface area contributed by atoms with Crippen LogP contribution in [0.25, 0.3) is 0 Å². The van der Waals surface area contributed by atoms with Crippen molar-refractivity contribution >= 4 is 17.4 Å². The maximum atomic E-state index is 12.7. The third kappa shape index (κ3) is 2.82. The van der Waals surface area contributed by atoms with Crippen molar-refractivity contribution in [2.75, 3.05) is 5.32 Å². The van der Waals surface area contributed by atoms with Crippen molar-refractivity contribution in [1.29, 1.82) is 0 Å². The van der Waals surface area contributed by atoms with Crippen molar-refractivity contribution in [3.63, 3.8) is 0 Å². The van der Waals surface area contributed by atoms with Gasteiger partial charge in [0.25, 0.3) is 5.56 Å². The quantitative estimate of drug-likeness (QED) is 0.881. The van der Waals surface area contributed by atoms with Gasteiger partial charge in [0.15, 0.2) is 5.82 Å². The molecule has 0 fully saturated rings. The van der Waals surface area contributed by atoms with E-state index in [4.69, 9.17) is 11.6 Å². The van der Waals surface area contributed by atoms with E-state index in [9.17, 15) is 9.18 Å².